The molecule has 1 spiro atoms. The minimum absolute atomic E-state index is 0.611. The zero-order chi connectivity index (χ0) is 29.8. The van der Waals surface area contributed by atoms with E-state index in [9.17, 15) is 0 Å². The van der Waals surface area contributed by atoms with E-state index in [4.69, 9.17) is 9.47 Å². The van der Waals surface area contributed by atoms with Crippen LogP contribution in [0.15, 0.2) is 152 Å². The van der Waals surface area contributed by atoms with Crippen molar-refractivity contribution in [3.8, 4) is 34.1 Å². The van der Waals surface area contributed by atoms with Gasteiger partial charge in [-0.3, -0.25) is 4.98 Å². The maximum absolute atomic E-state index is 6.77. The van der Waals surface area contributed by atoms with Crippen molar-refractivity contribution in [2.75, 3.05) is 0 Å². The zero-order valence-corrected chi connectivity index (χ0v) is 24.6. The predicted octanol–water partition coefficient (Wildman–Crippen LogP) is 10.6. The Labute approximate surface area is 262 Å². The minimum atomic E-state index is -0.611. The number of nitrogens with zero attached hydrogens (tertiary/aromatic N) is 1. The number of allylic oxidation sites excluding steroid dienone is 4. The molecule has 0 N–H and O–H groups in total. The van der Waals surface area contributed by atoms with Crippen LogP contribution in [0.5, 0.6) is 23.0 Å². The lowest BCUT2D eigenvalue weighted by molar-refractivity contribution is 0.399. The minimum Gasteiger partial charge on any atom is -0.457 e. The Bertz CT molecular complexity index is 2150. The molecular weight excluding hydrogens is 550 g/mol. The van der Waals surface area contributed by atoms with Gasteiger partial charge in [-0.2, -0.15) is 0 Å². The van der Waals surface area contributed by atoms with E-state index in [1.165, 1.54) is 16.7 Å². The smallest absolute Gasteiger partial charge is 0.132 e. The average molecular weight is 580 g/mol. The molecule has 3 nitrogen and oxygen atoms in total. The first-order valence-corrected chi connectivity index (χ1v) is 15.5. The monoisotopic (exact) mass is 579 g/mol. The Morgan fingerprint density at radius 1 is 0.511 bits per heavy atom. The molecule has 5 aromatic carbocycles. The van der Waals surface area contributed by atoms with Crippen molar-refractivity contribution in [3.05, 3.63) is 185 Å². The number of ether oxygens (including phenoxy) is 2. The summed E-state index contributed by atoms with van der Waals surface area (Å²) in [5.74, 6) is 3.45. The van der Waals surface area contributed by atoms with E-state index < -0.39 is 5.41 Å². The summed E-state index contributed by atoms with van der Waals surface area (Å²) < 4.78 is 13.5. The van der Waals surface area contributed by atoms with Gasteiger partial charge in [-0.15, -0.1) is 0 Å². The van der Waals surface area contributed by atoms with Gasteiger partial charge in [0.1, 0.15) is 23.0 Å². The lowest BCUT2D eigenvalue weighted by Gasteiger charge is -2.45. The molecule has 0 saturated heterocycles. The second-order valence-corrected chi connectivity index (χ2v) is 11.8. The van der Waals surface area contributed by atoms with E-state index in [0.29, 0.717) is 0 Å². The topological polar surface area (TPSA) is 31.4 Å². The molecule has 214 valence electrons. The molecule has 2 aliphatic heterocycles. The molecule has 3 heterocycles. The number of benzene rings is 5. The van der Waals surface area contributed by atoms with Crippen LogP contribution in [0.3, 0.4) is 0 Å². The molecule has 0 amide bonds. The first-order valence-electron chi connectivity index (χ1n) is 15.5. The quantitative estimate of drug-likeness (QED) is 0.209. The van der Waals surface area contributed by atoms with Gasteiger partial charge in [-0.25, -0.2) is 0 Å². The van der Waals surface area contributed by atoms with E-state index >= 15 is 0 Å². The third-order valence-corrected chi connectivity index (χ3v) is 9.37. The highest BCUT2D eigenvalue weighted by Crippen LogP contribution is 2.61. The van der Waals surface area contributed by atoms with E-state index in [1.54, 1.807) is 0 Å². The summed E-state index contributed by atoms with van der Waals surface area (Å²) in [4.78, 5) is 4.35. The normalized spacial score (nSPS) is 17.4. The number of hydrogen-bond acceptors (Lipinski definition) is 3. The first-order chi connectivity index (χ1) is 22.3. The van der Waals surface area contributed by atoms with Crippen molar-refractivity contribution in [1.29, 1.82) is 0 Å². The van der Waals surface area contributed by atoms with Crippen LogP contribution < -0.4 is 9.47 Å². The molecular formula is C42H29NO2. The third-order valence-electron chi connectivity index (χ3n) is 9.37. The van der Waals surface area contributed by atoms with E-state index in [0.717, 1.165) is 74.8 Å². The Morgan fingerprint density at radius 2 is 1.11 bits per heavy atom. The number of fused-ring (bicyclic) bond motifs is 8. The van der Waals surface area contributed by atoms with E-state index in [-0.39, 0.29) is 0 Å². The van der Waals surface area contributed by atoms with Crippen molar-refractivity contribution in [2.45, 2.75) is 18.3 Å². The Morgan fingerprint density at radius 3 is 1.80 bits per heavy atom. The highest BCUT2D eigenvalue weighted by Gasteiger charge is 2.50. The van der Waals surface area contributed by atoms with Gasteiger partial charge in [0, 0.05) is 34.6 Å². The second kappa shape index (κ2) is 10.2. The van der Waals surface area contributed by atoms with E-state index in [1.807, 2.05) is 24.5 Å². The first kappa shape index (κ1) is 25.8. The van der Waals surface area contributed by atoms with Crippen LogP contribution in [-0.4, -0.2) is 4.98 Å². The standard InChI is InChI=1S/C42H29NO2/c1-2-10-28(11-3-1)31-19-21-36-40(25-31)44-38-17-6-4-15-34(38)42(36)35-16-5-7-18-39(35)45-41-26-32(20-22-37(41)42)29-12-8-13-30(24-29)33-14-9-23-43-27-33/h1-7,9-12,14-27H,8,13H2. The molecule has 0 fully saturated rings. The van der Waals surface area contributed by atoms with Crippen LogP contribution in [0.4, 0.5) is 0 Å². The summed E-state index contributed by atoms with van der Waals surface area (Å²) in [6, 6.07) is 44.9. The maximum atomic E-state index is 6.77. The van der Waals surface area contributed by atoms with Crippen LogP contribution >= 0.6 is 0 Å². The molecule has 1 aliphatic carbocycles. The van der Waals surface area contributed by atoms with Gasteiger partial charge in [0.05, 0.1) is 5.41 Å². The van der Waals surface area contributed by atoms with Crippen LogP contribution in [0, 0.1) is 0 Å². The van der Waals surface area contributed by atoms with Crippen LogP contribution in [0.2, 0.25) is 0 Å². The van der Waals surface area contributed by atoms with Gasteiger partial charge in [0.15, 0.2) is 0 Å². The molecule has 0 radical (unpaired) electrons. The van der Waals surface area contributed by atoms with Gasteiger partial charge in [0.2, 0.25) is 0 Å². The van der Waals surface area contributed by atoms with Gasteiger partial charge >= 0.3 is 0 Å². The van der Waals surface area contributed by atoms with Crippen molar-refractivity contribution >= 4 is 11.1 Å². The van der Waals surface area contributed by atoms with Gasteiger partial charge in [-0.1, -0.05) is 109 Å². The number of rotatable bonds is 3. The number of hydrogen-bond donors (Lipinski definition) is 0. The molecule has 1 atom stereocenters. The van der Waals surface area contributed by atoms with Crippen molar-refractivity contribution in [2.24, 2.45) is 0 Å². The Balaban J connectivity index is 1.26. The average Bonchev–Trinajstić information content (AvgIpc) is 3.12. The summed E-state index contributed by atoms with van der Waals surface area (Å²) >= 11 is 0. The lowest BCUT2D eigenvalue weighted by Crippen LogP contribution is -2.36. The molecule has 1 unspecified atom stereocenters. The second-order valence-electron chi connectivity index (χ2n) is 11.8. The fourth-order valence-corrected chi connectivity index (χ4v) is 7.34. The lowest BCUT2D eigenvalue weighted by atomic mass is 9.62. The summed E-state index contributed by atoms with van der Waals surface area (Å²) in [5.41, 5.74) is 11.0. The number of para-hydroxylation sites is 2. The molecule has 0 saturated carbocycles. The number of aromatic nitrogens is 1. The Hall–Kier alpha value is -5.67. The molecule has 3 heteroatoms. The van der Waals surface area contributed by atoms with Gasteiger partial charge < -0.3 is 9.47 Å². The highest BCUT2D eigenvalue weighted by atomic mass is 16.5. The summed E-state index contributed by atoms with van der Waals surface area (Å²) in [6.45, 7) is 0. The van der Waals surface area contributed by atoms with Crippen LogP contribution in [0.25, 0.3) is 22.3 Å². The SMILES string of the molecule is C1=C(c2ccc3c(c2)Oc2ccccc2C32c3ccccc3Oc3cc(-c4ccccc4)ccc32)C=C(c2cccnc2)CC1. The maximum Gasteiger partial charge on any atom is 0.132 e. The highest BCUT2D eigenvalue weighted by molar-refractivity contribution is 5.87. The predicted molar refractivity (Wildman–Crippen MR) is 180 cm³/mol. The fourth-order valence-electron chi connectivity index (χ4n) is 7.34. The van der Waals surface area contributed by atoms with E-state index in [2.05, 4.69) is 132 Å². The van der Waals surface area contributed by atoms with Crippen molar-refractivity contribution < 1.29 is 9.47 Å². The van der Waals surface area contributed by atoms with Crippen molar-refractivity contribution in [3.63, 3.8) is 0 Å². The van der Waals surface area contributed by atoms with Gasteiger partial charge in [0.25, 0.3) is 0 Å². The molecule has 3 aliphatic rings. The Kier molecular flexibility index (Phi) is 5.85. The van der Waals surface area contributed by atoms with Crippen LogP contribution in [-0.2, 0) is 5.41 Å². The largest absolute Gasteiger partial charge is 0.457 e. The molecule has 45 heavy (non-hydrogen) atoms. The van der Waals surface area contributed by atoms with Crippen molar-refractivity contribution in [1.82, 2.24) is 4.98 Å². The zero-order valence-electron chi connectivity index (χ0n) is 24.6. The van der Waals surface area contributed by atoms with Gasteiger partial charge in [-0.05, 0) is 76.6 Å². The number of pyridine rings is 1. The molecule has 1 aromatic heterocycles. The summed E-state index contributed by atoms with van der Waals surface area (Å²) in [5, 5.41) is 0. The molecule has 6 aromatic rings. The summed E-state index contributed by atoms with van der Waals surface area (Å²) in [7, 11) is 0. The molecule has 9 rings (SSSR count). The molecule has 0 bridgehead atoms. The summed E-state index contributed by atoms with van der Waals surface area (Å²) in [6.07, 6.45) is 10.4. The van der Waals surface area contributed by atoms with Crippen LogP contribution in [0.1, 0.15) is 46.2 Å². The third kappa shape index (κ3) is 4.01. The fraction of sp³-hybridized carbons (Fsp3) is 0.0714.